The second-order valence-corrected chi connectivity index (χ2v) is 7.12. The summed E-state index contributed by atoms with van der Waals surface area (Å²) >= 11 is 0. The number of nitrogens with one attached hydrogen (secondary N) is 2. The van der Waals surface area contributed by atoms with E-state index in [1.165, 1.54) is 0 Å². The number of aromatic nitrogens is 1. The van der Waals surface area contributed by atoms with Gasteiger partial charge < -0.3 is 21.3 Å². The Morgan fingerprint density at radius 1 is 1.10 bits per heavy atom. The molecule has 0 unspecified atom stereocenters. The molecule has 4 N–H and O–H groups in total. The van der Waals surface area contributed by atoms with E-state index in [0.717, 1.165) is 37.7 Å². The number of halogens is 2. The van der Waals surface area contributed by atoms with E-state index < -0.39 is 0 Å². The minimum absolute atomic E-state index is 0. The Labute approximate surface area is 189 Å². The number of nitrogens with two attached hydrogens (primary N) is 1. The van der Waals surface area contributed by atoms with E-state index in [9.17, 15) is 9.59 Å². The highest BCUT2D eigenvalue weighted by molar-refractivity contribution is 6.08. The van der Waals surface area contributed by atoms with Crippen LogP contribution in [0.25, 0.3) is 0 Å². The van der Waals surface area contributed by atoms with E-state index in [-0.39, 0.29) is 36.6 Å². The van der Waals surface area contributed by atoms with Crippen LogP contribution in [-0.4, -0.2) is 43.0 Å². The van der Waals surface area contributed by atoms with E-state index in [1.54, 1.807) is 36.5 Å². The Morgan fingerprint density at radius 2 is 1.80 bits per heavy atom. The number of carbonyl (C=O) groups is 2. The molecule has 1 aromatic heterocycles. The number of carbonyl (C=O) groups excluding carboxylic acids is 2. The number of benzene rings is 1. The van der Waals surface area contributed by atoms with Crippen LogP contribution in [0.4, 0.5) is 11.5 Å². The predicted molar refractivity (Wildman–Crippen MR) is 125 cm³/mol. The van der Waals surface area contributed by atoms with Gasteiger partial charge in [0.2, 0.25) is 0 Å². The van der Waals surface area contributed by atoms with Crippen LogP contribution >= 0.6 is 24.8 Å². The maximum Gasteiger partial charge on any atom is 0.257 e. The van der Waals surface area contributed by atoms with Crippen molar-refractivity contribution in [2.45, 2.75) is 19.8 Å². The fourth-order valence-electron chi connectivity index (χ4n) is 3.21. The van der Waals surface area contributed by atoms with Gasteiger partial charge in [-0.05, 0) is 43.0 Å². The summed E-state index contributed by atoms with van der Waals surface area (Å²) in [6.45, 7) is 4.98. The van der Waals surface area contributed by atoms with E-state index in [1.807, 2.05) is 6.07 Å². The Balaban J connectivity index is 0.00000225. The summed E-state index contributed by atoms with van der Waals surface area (Å²) < 4.78 is 0. The van der Waals surface area contributed by atoms with E-state index in [2.05, 4.69) is 27.4 Å². The molecule has 0 atom stereocenters. The summed E-state index contributed by atoms with van der Waals surface area (Å²) in [4.78, 5) is 31.6. The second kappa shape index (κ2) is 12.4. The number of amides is 2. The van der Waals surface area contributed by atoms with Crippen molar-refractivity contribution < 1.29 is 9.59 Å². The number of hydrogen-bond donors (Lipinski definition) is 3. The van der Waals surface area contributed by atoms with E-state index >= 15 is 0 Å². The fraction of sp³-hybridized carbons (Fsp3) is 0.381. The molecular weight excluding hydrogens is 425 g/mol. The normalized spacial score (nSPS) is 13.6. The molecule has 2 aromatic rings. The molecule has 0 bridgehead atoms. The number of rotatable bonds is 6. The summed E-state index contributed by atoms with van der Waals surface area (Å²) in [6.07, 6.45) is 3.90. The molecule has 0 spiro atoms. The SMILES string of the molecule is CC1CCN(c2ccc(C(=O)Nc3ccccc3C(=O)NCCN)cn2)CC1.Cl.Cl. The van der Waals surface area contributed by atoms with Crippen molar-refractivity contribution in [3.63, 3.8) is 0 Å². The monoisotopic (exact) mass is 453 g/mol. The molecule has 0 aliphatic carbocycles. The molecule has 30 heavy (non-hydrogen) atoms. The van der Waals surface area contributed by atoms with Crippen LogP contribution in [0.1, 0.15) is 40.5 Å². The second-order valence-electron chi connectivity index (χ2n) is 7.12. The smallest absolute Gasteiger partial charge is 0.257 e. The summed E-state index contributed by atoms with van der Waals surface area (Å²) in [7, 11) is 0. The lowest BCUT2D eigenvalue weighted by Crippen LogP contribution is -2.33. The van der Waals surface area contributed by atoms with Crippen molar-refractivity contribution in [2.75, 3.05) is 36.4 Å². The topological polar surface area (TPSA) is 100 Å². The number of piperidine rings is 1. The molecule has 1 aromatic carbocycles. The molecule has 1 fully saturated rings. The van der Waals surface area contributed by atoms with Gasteiger partial charge in [-0.25, -0.2) is 4.98 Å². The Kier molecular flexibility index (Phi) is 10.6. The first-order valence-electron chi connectivity index (χ1n) is 9.68. The van der Waals surface area contributed by atoms with Crippen molar-refractivity contribution in [2.24, 2.45) is 11.7 Å². The van der Waals surface area contributed by atoms with Gasteiger partial charge in [0.05, 0.1) is 16.8 Å². The molecule has 1 aliphatic heterocycles. The molecule has 3 rings (SSSR count). The zero-order valence-corrected chi connectivity index (χ0v) is 18.6. The molecule has 0 saturated carbocycles. The molecule has 0 radical (unpaired) electrons. The molecule has 1 aliphatic rings. The highest BCUT2D eigenvalue weighted by Crippen LogP contribution is 2.22. The maximum atomic E-state index is 12.6. The largest absolute Gasteiger partial charge is 0.357 e. The van der Waals surface area contributed by atoms with Crippen LogP contribution in [-0.2, 0) is 0 Å². The highest BCUT2D eigenvalue weighted by Gasteiger charge is 2.18. The van der Waals surface area contributed by atoms with Crippen LogP contribution in [0.15, 0.2) is 42.6 Å². The first-order valence-corrected chi connectivity index (χ1v) is 9.68. The van der Waals surface area contributed by atoms with E-state index in [0.29, 0.717) is 29.9 Å². The minimum Gasteiger partial charge on any atom is -0.357 e. The van der Waals surface area contributed by atoms with Crippen LogP contribution in [0.5, 0.6) is 0 Å². The van der Waals surface area contributed by atoms with Gasteiger partial charge in [0.25, 0.3) is 11.8 Å². The van der Waals surface area contributed by atoms with Gasteiger partial charge in [0.15, 0.2) is 0 Å². The van der Waals surface area contributed by atoms with Gasteiger partial charge in [-0.3, -0.25) is 9.59 Å². The van der Waals surface area contributed by atoms with Gasteiger partial charge in [0.1, 0.15) is 5.82 Å². The standard InChI is InChI=1S/C21H27N5O2.2ClH/c1-15-8-12-26(13-9-15)19-7-6-16(14-24-19)20(27)25-18-5-3-2-4-17(18)21(28)23-11-10-22;;/h2-7,14-15H,8-13,22H2,1H3,(H,23,28)(H,25,27);2*1H. The lowest BCUT2D eigenvalue weighted by molar-refractivity contribution is 0.0955. The molecular formula is C21H29Cl2N5O2. The van der Waals surface area contributed by atoms with Crippen molar-refractivity contribution >= 4 is 48.1 Å². The van der Waals surface area contributed by atoms with Gasteiger partial charge >= 0.3 is 0 Å². The average molecular weight is 454 g/mol. The van der Waals surface area contributed by atoms with Crippen LogP contribution in [0, 0.1) is 5.92 Å². The fourth-order valence-corrected chi connectivity index (χ4v) is 3.21. The third-order valence-electron chi connectivity index (χ3n) is 4.97. The van der Waals surface area contributed by atoms with Crippen LogP contribution < -0.4 is 21.3 Å². The third kappa shape index (κ3) is 6.58. The average Bonchev–Trinajstić information content (AvgIpc) is 2.73. The lowest BCUT2D eigenvalue weighted by Gasteiger charge is -2.31. The summed E-state index contributed by atoms with van der Waals surface area (Å²) in [5, 5.41) is 5.52. The predicted octanol–water partition coefficient (Wildman–Crippen LogP) is 3.10. The molecule has 164 valence electrons. The minimum atomic E-state index is -0.301. The van der Waals surface area contributed by atoms with Gasteiger partial charge in [-0.2, -0.15) is 0 Å². The Morgan fingerprint density at radius 3 is 2.43 bits per heavy atom. The molecule has 1 saturated heterocycles. The molecule has 2 heterocycles. The molecule has 2 amide bonds. The van der Waals surface area contributed by atoms with Gasteiger partial charge in [0, 0.05) is 32.4 Å². The third-order valence-corrected chi connectivity index (χ3v) is 4.97. The quantitative estimate of drug-likeness (QED) is 0.623. The zero-order valence-electron chi connectivity index (χ0n) is 17.0. The first-order chi connectivity index (χ1) is 13.6. The van der Waals surface area contributed by atoms with Crippen molar-refractivity contribution in [3.05, 3.63) is 53.7 Å². The summed E-state index contributed by atoms with van der Waals surface area (Å²) in [6, 6.07) is 10.5. The number of pyridine rings is 1. The lowest BCUT2D eigenvalue weighted by atomic mass is 9.99. The van der Waals surface area contributed by atoms with Gasteiger partial charge in [-0.15, -0.1) is 24.8 Å². The van der Waals surface area contributed by atoms with Crippen molar-refractivity contribution in [1.29, 1.82) is 0 Å². The van der Waals surface area contributed by atoms with Gasteiger partial charge in [-0.1, -0.05) is 19.1 Å². The summed E-state index contributed by atoms with van der Waals surface area (Å²) in [5.74, 6) is 1.08. The zero-order chi connectivity index (χ0) is 19.9. The number of nitrogens with zero attached hydrogens (tertiary/aromatic N) is 2. The van der Waals surface area contributed by atoms with Crippen molar-refractivity contribution in [3.8, 4) is 0 Å². The number of hydrogen-bond acceptors (Lipinski definition) is 5. The van der Waals surface area contributed by atoms with Crippen LogP contribution in [0.2, 0.25) is 0 Å². The van der Waals surface area contributed by atoms with Crippen LogP contribution in [0.3, 0.4) is 0 Å². The number of para-hydroxylation sites is 1. The number of anilines is 2. The highest BCUT2D eigenvalue weighted by atomic mass is 35.5. The Bertz CT molecular complexity index is 824. The molecule has 9 heteroatoms. The molecule has 7 nitrogen and oxygen atoms in total. The Hall–Kier alpha value is -2.35. The first kappa shape index (κ1) is 25.7. The van der Waals surface area contributed by atoms with E-state index in [4.69, 9.17) is 5.73 Å². The summed E-state index contributed by atoms with van der Waals surface area (Å²) in [5.41, 5.74) is 6.73. The maximum absolute atomic E-state index is 12.6. The van der Waals surface area contributed by atoms with Crippen molar-refractivity contribution in [1.82, 2.24) is 10.3 Å².